The van der Waals surface area contributed by atoms with Crippen LogP contribution in [0.15, 0.2) is 104 Å². The van der Waals surface area contributed by atoms with Gasteiger partial charge >= 0.3 is 11.9 Å². The Labute approximate surface area is 223 Å². The number of aromatic nitrogens is 4. The predicted molar refractivity (Wildman–Crippen MR) is 142 cm³/mol. The van der Waals surface area contributed by atoms with Gasteiger partial charge in [0.15, 0.2) is 17.0 Å². The molecular formula is C29H23N5O5. The van der Waals surface area contributed by atoms with E-state index in [2.05, 4.69) is 20.3 Å². The Bertz CT molecular complexity index is 1530. The van der Waals surface area contributed by atoms with Crippen molar-refractivity contribution in [2.75, 3.05) is 18.5 Å². The molecule has 0 radical (unpaired) electrons. The summed E-state index contributed by atoms with van der Waals surface area (Å²) in [6, 6.07) is 25.2. The molecular weight excluding hydrogens is 498 g/mol. The number of nitrogens with one attached hydrogen (secondary N) is 1. The second-order valence-corrected chi connectivity index (χ2v) is 8.45. The summed E-state index contributed by atoms with van der Waals surface area (Å²) in [5.41, 5.74) is 1.94. The van der Waals surface area contributed by atoms with Gasteiger partial charge in [-0.05, 0) is 36.4 Å². The number of ether oxygens (including phenoxy) is 2. The topological polar surface area (TPSA) is 125 Å². The Morgan fingerprint density at radius 3 is 1.74 bits per heavy atom. The molecule has 1 amide bonds. The molecule has 0 bridgehead atoms. The van der Waals surface area contributed by atoms with Crippen LogP contribution in [0.4, 0.5) is 5.82 Å². The molecule has 5 rings (SSSR count). The highest BCUT2D eigenvalue weighted by molar-refractivity contribution is 6.06. The Morgan fingerprint density at radius 2 is 1.21 bits per heavy atom. The van der Waals surface area contributed by atoms with Gasteiger partial charge in [-0.15, -0.1) is 0 Å². The first-order valence-electron chi connectivity index (χ1n) is 12.1. The highest BCUT2D eigenvalue weighted by atomic mass is 16.5. The molecule has 5 aromatic rings. The summed E-state index contributed by atoms with van der Waals surface area (Å²) < 4.78 is 12.8. The number of hydrogen-bond acceptors (Lipinski definition) is 8. The highest BCUT2D eigenvalue weighted by Crippen LogP contribution is 2.23. The zero-order valence-electron chi connectivity index (χ0n) is 20.6. The van der Waals surface area contributed by atoms with Gasteiger partial charge in [0.05, 0.1) is 17.5 Å². The summed E-state index contributed by atoms with van der Waals surface area (Å²) in [5.74, 6) is -1.18. The average molecular weight is 522 g/mol. The Kier molecular flexibility index (Phi) is 7.63. The van der Waals surface area contributed by atoms with E-state index in [1.807, 2.05) is 6.07 Å². The quantitative estimate of drug-likeness (QED) is 0.284. The molecule has 0 unspecified atom stereocenters. The maximum absolute atomic E-state index is 12.7. The van der Waals surface area contributed by atoms with E-state index in [4.69, 9.17) is 9.47 Å². The van der Waals surface area contributed by atoms with Crippen LogP contribution in [0.3, 0.4) is 0 Å². The van der Waals surface area contributed by atoms with E-state index in [0.29, 0.717) is 27.9 Å². The van der Waals surface area contributed by atoms with Crippen LogP contribution in [-0.4, -0.2) is 50.6 Å². The molecule has 2 aromatic heterocycles. The summed E-state index contributed by atoms with van der Waals surface area (Å²) in [5, 5.41) is 2.76. The molecule has 0 atom stereocenters. The monoisotopic (exact) mass is 521 g/mol. The van der Waals surface area contributed by atoms with Gasteiger partial charge < -0.3 is 19.4 Å². The third kappa shape index (κ3) is 5.96. The molecule has 0 aliphatic carbocycles. The second kappa shape index (κ2) is 11.8. The third-order valence-electron chi connectivity index (χ3n) is 5.85. The van der Waals surface area contributed by atoms with Gasteiger partial charge in [-0.25, -0.2) is 24.5 Å². The minimum absolute atomic E-state index is 0.128. The van der Waals surface area contributed by atoms with Crippen molar-refractivity contribution in [1.82, 2.24) is 19.5 Å². The first-order valence-corrected chi connectivity index (χ1v) is 12.1. The third-order valence-corrected chi connectivity index (χ3v) is 5.85. The number of benzene rings is 3. The van der Waals surface area contributed by atoms with Crippen molar-refractivity contribution in [2.45, 2.75) is 6.04 Å². The van der Waals surface area contributed by atoms with Crippen molar-refractivity contribution >= 4 is 34.8 Å². The first-order chi connectivity index (χ1) is 19.1. The van der Waals surface area contributed by atoms with Gasteiger partial charge in [-0.1, -0.05) is 54.6 Å². The number of amides is 1. The van der Waals surface area contributed by atoms with Crippen LogP contribution in [0.25, 0.3) is 11.2 Å². The predicted octanol–water partition coefficient (Wildman–Crippen LogP) is 4.33. The Morgan fingerprint density at radius 1 is 0.692 bits per heavy atom. The fraction of sp³-hybridized carbons (Fsp3) is 0.103. The van der Waals surface area contributed by atoms with Crippen LogP contribution in [0, 0.1) is 0 Å². The first kappa shape index (κ1) is 25.3. The van der Waals surface area contributed by atoms with Gasteiger partial charge in [0.2, 0.25) is 0 Å². The standard InChI is InChI=1S/C29H23N5O5/c35-27(20-10-4-1-5-11-20)33-25-24-26(31-18-30-25)34(19-32-24)23(16-38-28(36)21-12-6-2-7-13-21)17-39-29(37)22-14-8-3-9-15-22/h1-15,18-19,23H,16-17H2,(H,30,31,33,35). The van der Waals surface area contributed by atoms with Gasteiger partial charge in [-0.3, -0.25) is 4.79 Å². The van der Waals surface area contributed by atoms with Crippen molar-refractivity contribution in [3.63, 3.8) is 0 Å². The fourth-order valence-electron chi connectivity index (χ4n) is 3.85. The molecule has 39 heavy (non-hydrogen) atoms. The number of fused-ring (bicyclic) bond motifs is 1. The lowest BCUT2D eigenvalue weighted by molar-refractivity contribution is 0.0280. The number of carbonyl (C=O) groups is 3. The summed E-state index contributed by atoms with van der Waals surface area (Å²) in [6.07, 6.45) is 2.78. The minimum Gasteiger partial charge on any atom is -0.460 e. The molecule has 1 N–H and O–H groups in total. The highest BCUT2D eigenvalue weighted by Gasteiger charge is 2.22. The molecule has 2 heterocycles. The number of hydrogen-bond donors (Lipinski definition) is 1. The second-order valence-electron chi connectivity index (χ2n) is 8.45. The lowest BCUT2D eigenvalue weighted by Gasteiger charge is -2.19. The molecule has 0 spiro atoms. The van der Waals surface area contributed by atoms with E-state index in [1.165, 1.54) is 12.7 Å². The molecule has 194 valence electrons. The largest absolute Gasteiger partial charge is 0.460 e. The fourth-order valence-corrected chi connectivity index (χ4v) is 3.85. The summed E-state index contributed by atoms with van der Waals surface area (Å²) in [6.45, 7) is -0.256. The number of anilines is 1. The van der Waals surface area contributed by atoms with Gasteiger partial charge in [0, 0.05) is 5.56 Å². The van der Waals surface area contributed by atoms with Gasteiger partial charge in [0.25, 0.3) is 5.91 Å². The number of nitrogens with zero attached hydrogens (tertiary/aromatic N) is 4. The van der Waals surface area contributed by atoms with Crippen LogP contribution < -0.4 is 5.32 Å². The molecule has 0 fully saturated rings. The SMILES string of the molecule is O=C(Nc1ncnc2c1ncn2C(COC(=O)c1ccccc1)COC(=O)c1ccccc1)c1ccccc1. The Balaban J connectivity index is 1.39. The molecule has 10 nitrogen and oxygen atoms in total. The van der Waals surface area contributed by atoms with Crippen LogP contribution in [-0.2, 0) is 9.47 Å². The van der Waals surface area contributed by atoms with E-state index in [9.17, 15) is 14.4 Å². The molecule has 0 aliphatic heterocycles. The van der Waals surface area contributed by atoms with E-state index >= 15 is 0 Å². The van der Waals surface area contributed by atoms with Crippen molar-refractivity contribution in [3.05, 3.63) is 120 Å². The summed E-state index contributed by atoms with van der Waals surface area (Å²) in [4.78, 5) is 50.9. The van der Waals surface area contributed by atoms with Crippen molar-refractivity contribution in [1.29, 1.82) is 0 Å². The zero-order chi connectivity index (χ0) is 27.0. The maximum Gasteiger partial charge on any atom is 0.338 e. The van der Waals surface area contributed by atoms with Crippen LogP contribution in [0.5, 0.6) is 0 Å². The molecule has 0 saturated carbocycles. The van der Waals surface area contributed by atoms with Crippen molar-refractivity contribution in [3.8, 4) is 0 Å². The molecule has 0 saturated heterocycles. The lowest BCUT2D eigenvalue weighted by atomic mass is 10.2. The molecule has 3 aromatic carbocycles. The smallest absolute Gasteiger partial charge is 0.338 e. The number of imidazole rings is 1. The maximum atomic E-state index is 12.7. The molecule has 10 heteroatoms. The van der Waals surface area contributed by atoms with Gasteiger partial charge in [-0.2, -0.15) is 0 Å². The zero-order valence-corrected chi connectivity index (χ0v) is 20.6. The van der Waals surface area contributed by atoms with Crippen LogP contribution in [0.1, 0.15) is 37.1 Å². The van der Waals surface area contributed by atoms with Gasteiger partial charge in [0.1, 0.15) is 25.6 Å². The lowest BCUT2D eigenvalue weighted by Crippen LogP contribution is -2.24. The van der Waals surface area contributed by atoms with Crippen LogP contribution in [0.2, 0.25) is 0 Å². The van der Waals surface area contributed by atoms with E-state index < -0.39 is 18.0 Å². The number of carbonyl (C=O) groups excluding carboxylic acids is 3. The summed E-state index contributed by atoms with van der Waals surface area (Å²) >= 11 is 0. The minimum atomic E-state index is -0.664. The number of rotatable bonds is 9. The normalized spacial score (nSPS) is 10.8. The van der Waals surface area contributed by atoms with Crippen LogP contribution >= 0.6 is 0 Å². The number of esters is 2. The molecule has 0 aliphatic rings. The summed E-state index contributed by atoms with van der Waals surface area (Å²) in [7, 11) is 0. The van der Waals surface area contributed by atoms with Crippen molar-refractivity contribution in [2.24, 2.45) is 0 Å². The van der Waals surface area contributed by atoms with Crippen molar-refractivity contribution < 1.29 is 23.9 Å². The van der Waals surface area contributed by atoms with E-state index in [0.717, 1.165) is 0 Å². The average Bonchev–Trinajstić information content (AvgIpc) is 3.43. The van der Waals surface area contributed by atoms with E-state index in [-0.39, 0.29) is 24.9 Å². The van der Waals surface area contributed by atoms with E-state index in [1.54, 1.807) is 89.5 Å². The Hall–Kier alpha value is -5.38.